The Morgan fingerprint density at radius 1 is 1.38 bits per heavy atom. The first-order valence-electron chi connectivity index (χ1n) is 4.84. The molecule has 1 aromatic carbocycles. The molecule has 16 heavy (non-hydrogen) atoms. The van der Waals surface area contributed by atoms with E-state index >= 15 is 0 Å². The van der Waals surface area contributed by atoms with Gasteiger partial charge in [-0.2, -0.15) is 5.10 Å². The van der Waals surface area contributed by atoms with Crippen LogP contribution in [0.25, 0.3) is 5.69 Å². The Labute approximate surface area is 92.9 Å². The van der Waals surface area contributed by atoms with Crippen molar-refractivity contribution < 1.29 is 4.79 Å². The highest BCUT2D eigenvalue weighted by Crippen LogP contribution is 2.24. The van der Waals surface area contributed by atoms with Gasteiger partial charge in [0.15, 0.2) is 5.82 Å². The van der Waals surface area contributed by atoms with Gasteiger partial charge >= 0.3 is 0 Å². The number of hydrogen-bond donors (Lipinski definition) is 2. The van der Waals surface area contributed by atoms with Gasteiger partial charge in [0.05, 0.1) is 11.4 Å². The number of hydrogen-bond acceptors (Lipinski definition) is 3. The minimum atomic E-state index is 0.427. The number of anilines is 2. The smallest absolute Gasteiger partial charge is 0.211 e. The van der Waals surface area contributed by atoms with Gasteiger partial charge in [-0.15, -0.1) is 0 Å². The molecule has 0 aliphatic rings. The molecule has 0 atom stereocenters. The zero-order valence-electron chi connectivity index (χ0n) is 8.84. The largest absolute Gasteiger partial charge is 0.382 e. The van der Waals surface area contributed by atoms with Gasteiger partial charge in [-0.25, -0.2) is 4.68 Å². The monoisotopic (exact) mass is 216 g/mol. The second-order valence-electron chi connectivity index (χ2n) is 3.36. The summed E-state index contributed by atoms with van der Waals surface area (Å²) in [5.74, 6) is 0.427. The van der Waals surface area contributed by atoms with Crippen molar-refractivity contribution >= 4 is 17.9 Å². The Morgan fingerprint density at radius 2 is 2.06 bits per heavy atom. The summed E-state index contributed by atoms with van der Waals surface area (Å²) in [7, 11) is 0. The molecule has 1 amide bonds. The fourth-order valence-electron chi connectivity index (χ4n) is 1.55. The van der Waals surface area contributed by atoms with Crippen LogP contribution < -0.4 is 11.1 Å². The lowest BCUT2D eigenvalue weighted by atomic mass is 10.3. The highest BCUT2D eigenvalue weighted by Gasteiger charge is 2.12. The molecule has 0 saturated heterocycles. The molecule has 0 aliphatic heterocycles. The summed E-state index contributed by atoms with van der Waals surface area (Å²) in [6, 6.07) is 9.51. The number of nitrogens with zero attached hydrogens (tertiary/aromatic N) is 2. The second-order valence-corrected chi connectivity index (χ2v) is 3.36. The van der Waals surface area contributed by atoms with Crippen LogP contribution in [-0.2, 0) is 4.79 Å². The summed E-state index contributed by atoms with van der Waals surface area (Å²) in [6.07, 6.45) is 0.593. The fraction of sp³-hybridized carbons (Fsp3) is 0.0909. The molecule has 0 aliphatic carbocycles. The SMILES string of the molecule is Cc1nn(-c2ccccc2)c(N)c1NC=O. The first-order valence-corrected chi connectivity index (χ1v) is 4.84. The van der Waals surface area contributed by atoms with Crippen molar-refractivity contribution in [2.75, 3.05) is 11.1 Å². The number of nitrogens with one attached hydrogen (secondary N) is 1. The third kappa shape index (κ3) is 1.63. The van der Waals surface area contributed by atoms with Crippen LogP contribution in [0.3, 0.4) is 0 Å². The first kappa shape index (κ1) is 10.2. The lowest BCUT2D eigenvalue weighted by Crippen LogP contribution is -2.03. The standard InChI is InChI=1S/C11H12N4O/c1-8-10(13-7-16)11(12)15(14-8)9-5-3-2-4-6-9/h2-7H,12H2,1H3,(H,13,16). The van der Waals surface area contributed by atoms with Crippen molar-refractivity contribution in [2.45, 2.75) is 6.92 Å². The minimum Gasteiger partial charge on any atom is -0.382 e. The van der Waals surface area contributed by atoms with E-state index < -0.39 is 0 Å². The molecule has 1 aromatic heterocycles. The lowest BCUT2D eigenvalue weighted by Gasteiger charge is -2.03. The molecule has 2 rings (SSSR count). The summed E-state index contributed by atoms with van der Waals surface area (Å²) in [5, 5.41) is 6.81. The van der Waals surface area contributed by atoms with E-state index in [-0.39, 0.29) is 0 Å². The molecule has 0 radical (unpaired) electrons. The summed E-state index contributed by atoms with van der Waals surface area (Å²) < 4.78 is 1.60. The van der Waals surface area contributed by atoms with Crippen LogP contribution in [0.1, 0.15) is 5.69 Å². The van der Waals surface area contributed by atoms with Crippen molar-refractivity contribution in [2.24, 2.45) is 0 Å². The predicted molar refractivity (Wildman–Crippen MR) is 62.4 cm³/mol. The Morgan fingerprint density at radius 3 is 2.69 bits per heavy atom. The van der Waals surface area contributed by atoms with Crippen molar-refractivity contribution in [3.8, 4) is 5.69 Å². The van der Waals surface area contributed by atoms with Crippen LogP contribution in [-0.4, -0.2) is 16.2 Å². The number of carbonyl (C=O) groups is 1. The van der Waals surface area contributed by atoms with Gasteiger partial charge in [0.2, 0.25) is 6.41 Å². The van der Waals surface area contributed by atoms with Crippen LogP contribution in [0, 0.1) is 6.92 Å². The quantitative estimate of drug-likeness (QED) is 0.760. The summed E-state index contributed by atoms with van der Waals surface area (Å²) in [5.41, 5.74) is 8.01. The van der Waals surface area contributed by atoms with Crippen molar-refractivity contribution in [1.82, 2.24) is 9.78 Å². The van der Waals surface area contributed by atoms with Crippen LogP contribution in [0.4, 0.5) is 11.5 Å². The average molecular weight is 216 g/mol. The van der Waals surface area contributed by atoms with E-state index in [0.29, 0.717) is 23.6 Å². The van der Waals surface area contributed by atoms with Crippen molar-refractivity contribution in [3.05, 3.63) is 36.0 Å². The number of amides is 1. The van der Waals surface area contributed by atoms with Gasteiger partial charge in [-0.05, 0) is 19.1 Å². The topological polar surface area (TPSA) is 72.9 Å². The summed E-state index contributed by atoms with van der Waals surface area (Å²) in [4.78, 5) is 10.4. The van der Waals surface area contributed by atoms with Gasteiger partial charge in [0.1, 0.15) is 5.69 Å². The number of benzene rings is 1. The zero-order chi connectivity index (χ0) is 11.5. The molecule has 0 saturated carbocycles. The Balaban J connectivity index is 2.51. The fourth-order valence-corrected chi connectivity index (χ4v) is 1.55. The Bertz CT molecular complexity index is 504. The number of para-hydroxylation sites is 1. The van der Waals surface area contributed by atoms with E-state index in [4.69, 9.17) is 5.73 Å². The molecule has 5 heteroatoms. The minimum absolute atomic E-state index is 0.427. The Hall–Kier alpha value is -2.30. The van der Waals surface area contributed by atoms with E-state index in [2.05, 4.69) is 10.4 Å². The third-order valence-electron chi connectivity index (χ3n) is 2.30. The molecule has 82 valence electrons. The summed E-state index contributed by atoms with van der Waals surface area (Å²) >= 11 is 0. The molecule has 2 aromatic rings. The van der Waals surface area contributed by atoms with E-state index in [0.717, 1.165) is 5.69 Å². The number of aromatic nitrogens is 2. The number of carbonyl (C=O) groups excluding carboxylic acids is 1. The molecule has 0 unspecified atom stereocenters. The molecular weight excluding hydrogens is 204 g/mol. The molecular formula is C11H12N4O. The van der Waals surface area contributed by atoms with Crippen molar-refractivity contribution in [3.63, 3.8) is 0 Å². The number of nitrogen functional groups attached to an aromatic ring is 1. The van der Waals surface area contributed by atoms with Gasteiger partial charge < -0.3 is 11.1 Å². The highest BCUT2D eigenvalue weighted by atomic mass is 16.1. The molecule has 3 N–H and O–H groups in total. The van der Waals surface area contributed by atoms with Crippen LogP contribution >= 0.6 is 0 Å². The van der Waals surface area contributed by atoms with Crippen molar-refractivity contribution in [1.29, 1.82) is 0 Å². The molecule has 0 fully saturated rings. The molecule has 0 spiro atoms. The van der Waals surface area contributed by atoms with Crippen LogP contribution in [0.2, 0.25) is 0 Å². The number of nitrogens with two attached hydrogens (primary N) is 1. The normalized spacial score (nSPS) is 10.1. The van der Waals surface area contributed by atoms with E-state index in [1.807, 2.05) is 30.3 Å². The molecule has 0 bridgehead atoms. The maximum absolute atomic E-state index is 10.4. The molecule has 5 nitrogen and oxygen atoms in total. The Kier molecular flexibility index (Phi) is 2.59. The molecule has 1 heterocycles. The maximum Gasteiger partial charge on any atom is 0.211 e. The third-order valence-corrected chi connectivity index (χ3v) is 2.30. The van der Waals surface area contributed by atoms with E-state index in [9.17, 15) is 4.79 Å². The second kappa shape index (κ2) is 4.06. The number of rotatable bonds is 3. The van der Waals surface area contributed by atoms with Gasteiger partial charge in [-0.3, -0.25) is 4.79 Å². The maximum atomic E-state index is 10.4. The number of aryl methyl sites for hydroxylation is 1. The van der Waals surface area contributed by atoms with E-state index in [1.165, 1.54) is 0 Å². The van der Waals surface area contributed by atoms with Gasteiger partial charge in [-0.1, -0.05) is 18.2 Å². The summed E-state index contributed by atoms with van der Waals surface area (Å²) in [6.45, 7) is 1.79. The zero-order valence-corrected chi connectivity index (χ0v) is 8.84. The van der Waals surface area contributed by atoms with E-state index in [1.54, 1.807) is 11.6 Å². The lowest BCUT2D eigenvalue weighted by molar-refractivity contribution is -0.105. The van der Waals surface area contributed by atoms with Crippen LogP contribution in [0.15, 0.2) is 30.3 Å². The first-order chi connectivity index (χ1) is 7.74. The highest BCUT2D eigenvalue weighted by molar-refractivity contribution is 5.80. The van der Waals surface area contributed by atoms with Crippen LogP contribution in [0.5, 0.6) is 0 Å². The van der Waals surface area contributed by atoms with Gasteiger partial charge in [0.25, 0.3) is 0 Å². The van der Waals surface area contributed by atoms with Gasteiger partial charge in [0, 0.05) is 0 Å². The predicted octanol–water partition coefficient (Wildman–Crippen LogP) is 1.33. The average Bonchev–Trinajstić information content (AvgIpc) is 2.59.